The summed E-state index contributed by atoms with van der Waals surface area (Å²) in [6, 6.07) is 5.84. The Morgan fingerprint density at radius 3 is 2.65 bits per heavy atom. The Balaban J connectivity index is 1.77. The lowest BCUT2D eigenvalue weighted by molar-refractivity contribution is -0.117. The van der Waals surface area contributed by atoms with E-state index in [2.05, 4.69) is 24.1 Å². The van der Waals surface area contributed by atoms with Gasteiger partial charge in [0.15, 0.2) is 0 Å². The number of hydrogen-bond donors (Lipinski definition) is 1. The van der Waals surface area contributed by atoms with E-state index in [-0.39, 0.29) is 18.4 Å². The summed E-state index contributed by atoms with van der Waals surface area (Å²) in [6.07, 6.45) is 2.10. The summed E-state index contributed by atoms with van der Waals surface area (Å²) < 4.78 is 0. The molecule has 0 spiro atoms. The fourth-order valence-electron chi connectivity index (χ4n) is 3.31. The maximum absolute atomic E-state index is 12.4. The van der Waals surface area contributed by atoms with Crippen LogP contribution < -0.4 is 10.2 Å². The van der Waals surface area contributed by atoms with Crippen molar-refractivity contribution in [2.45, 2.75) is 26.7 Å². The minimum atomic E-state index is -0.152. The quantitative estimate of drug-likeness (QED) is 0.899. The number of carbonyl (C=O) groups excluding carboxylic acids is 2. The maximum Gasteiger partial charge on any atom is 0.253 e. The van der Waals surface area contributed by atoms with Crippen LogP contribution >= 0.6 is 0 Å². The van der Waals surface area contributed by atoms with Crippen LogP contribution in [0.3, 0.4) is 0 Å². The van der Waals surface area contributed by atoms with Crippen LogP contribution in [0.5, 0.6) is 0 Å². The topological polar surface area (TPSA) is 52.7 Å². The Morgan fingerprint density at radius 1 is 1.17 bits per heavy atom. The number of hydrogen-bond acceptors (Lipinski definition) is 3. The zero-order valence-corrected chi connectivity index (χ0v) is 14.0. The molecule has 5 nitrogen and oxygen atoms in total. The standard InChI is InChI=1S/C18H25N3O2/c1-3-13-5-6-16-15(9-13)18(23)19-10-17(22)21(16)8-7-20-11-14(4-2)12-20/h5-6,9,14H,3-4,7-8,10-12H2,1-2H3,(H,19,23). The van der Waals surface area contributed by atoms with Gasteiger partial charge in [-0.1, -0.05) is 26.3 Å². The minimum absolute atomic E-state index is 0.0334. The number of fused-ring (bicyclic) bond motifs is 1. The SMILES string of the molecule is CCc1ccc2c(c1)C(=O)NCC(=O)N2CCN1CC(CC)C1. The molecule has 2 aliphatic heterocycles. The number of benzene rings is 1. The van der Waals surface area contributed by atoms with Gasteiger partial charge in [-0.25, -0.2) is 0 Å². The fourth-order valence-corrected chi connectivity index (χ4v) is 3.31. The molecule has 1 aromatic rings. The Hall–Kier alpha value is -1.88. The van der Waals surface area contributed by atoms with Gasteiger partial charge in [-0.15, -0.1) is 0 Å². The van der Waals surface area contributed by atoms with E-state index in [9.17, 15) is 9.59 Å². The zero-order valence-electron chi connectivity index (χ0n) is 14.0. The van der Waals surface area contributed by atoms with E-state index in [4.69, 9.17) is 0 Å². The molecular weight excluding hydrogens is 290 g/mol. The van der Waals surface area contributed by atoms with Crippen molar-refractivity contribution < 1.29 is 9.59 Å². The Kier molecular flexibility index (Phi) is 4.66. The summed E-state index contributed by atoms with van der Waals surface area (Å²) in [7, 11) is 0. The first kappa shape index (κ1) is 16.0. The summed E-state index contributed by atoms with van der Waals surface area (Å²) >= 11 is 0. The average molecular weight is 315 g/mol. The molecular formula is C18H25N3O2. The van der Waals surface area contributed by atoms with Crippen molar-refractivity contribution in [1.29, 1.82) is 0 Å². The van der Waals surface area contributed by atoms with Gasteiger partial charge in [-0.05, 0) is 30.0 Å². The third-order valence-electron chi connectivity index (χ3n) is 4.96. The Labute approximate surface area is 137 Å². The molecule has 0 bridgehead atoms. The molecule has 124 valence electrons. The number of nitrogens with zero attached hydrogens (tertiary/aromatic N) is 2. The number of aryl methyl sites for hydroxylation is 1. The van der Waals surface area contributed by atoms with Crippen LogP contribution in [0.2, 0.25) is 0 Å². The van der Waals surface area contributed by atoms with E-state index >= 15 is 0 Å². The molecule has 2 amide bonds. The molecule has 2 heterocycles. The van der Waals surface area contributed by atoms with Crippen molar-refractivity contribution >= 4 is 17.5 Å². The van der Waals surface area contributed by atoms with Gasteiger partial charge in [0.25, 0.3) is 5.91 Å². The van der Waals surface area contributed by atoms with Crippen molar-refractivity contribution in [3.05, 3.63) is 29.3 Å². The van der Waals surface area contributed by atoms with Crippen LogP contribution in [-0.4, -0.2) is 49.4 Å². The van der Waals surface area contributed by atoms with E-state index in [1.165, 1.54) is 6.42 Å². The first-order chi connectivity index (χ1) is 11.1. The predicted molar refractivity (Wildman–Crippen MR) is 90.7 cm³/mol. The molecule has 2 aliphatic rings. The lowest BCUT2D eigenvalue weighted by Gasteiger charge is -2.40. The summed E-state index contributed by atoms with van der Waals surface area (Å²) in [4.78, 5) is 28.8. The van der Waals surface area contributed by atoms with Crippen LogP contribution in [0.4, 0.5) is 5.69 Å². The molecule has 23 heavy (non-hydrogen) atoms. The highest BCUT2D eigenvalue weighted by molar-refractivity contribution is 6.09. The molecule has 0 radical (unpaired) electrons. The van der Waals surface area contributed by atoms with Crippen molar-refractivity contribution in [2.24, 2.45) is 5.92 Å². The van der Waals surface area contributed by atoms with E-state index < -0.39 is 0 Å². The van der Waals surface area contributed by atoms with Gasteiger partial charge in [0, 0.05) is 26.2 Å². The zero-order chi connectivity index (χ0) is 16.4. The fraction of sp³-hybridized carbons (Fsp3) is 0.556. The normalized spacial score (nSPS) is 19.1. The highest BCUT2D eigenvalue weighted by Gasteiger charge is 2.29. The van der Waals surface area contributed by atoms with Gasteiger partial charge in [0.2, 0.25) is 5.91 Å². The molecule has 0 saturated carbocycles. The van der Waals surface area contributed by atoms with Gasteiger partial charge in [-0.2, -0.15) is 0 Å². The average Bonchev–Trinajstić information content (AvgIpc) is 2.64. The van der Waals surface area contributed by atoms with Gasteiger partial charge in [0.05, 0.1) is 17.8 Å². The summed E-state index contributed by atoms with van der Waals surface area (Å²) in [5, 5.41) is 2.72. The molecule has 0 aromatic heterocycles. The molecule has 3 rings (SSSR count). The number of anilines is 1. The first-order valence-corrected chi connectivity index (χ1v) is 8.56. The monoisotopic (exact) mass is 315 g/mol. The summed E-state index contributed by atoms with van der Waals surface area (Å²) in [6.45, 7) is 8.11. The van der Waals surface area contributed by atoms with Crippen molar-refractivity contribution in [1.82, 2.24) is 10.2 Å². The van der Waals surface area contributed by atoms with Crippen LogP contribution in [0.25, 0.3) is 0 Å². The number of amides is 2. The van der Waals surface area contributed by atoms with Crippen LogP contribution in [-0.2, 0) is 11.2 Å². The molecule has 1 N–H and O–H groups in total. The van der Waals surface area contributed by atoms with Crippen LogP contribution in [0.1, 0.15) is 36.2 Å². The largest absolute Gasteiger partial charge is 0.343 e. The van der Waals surface area contributed by atoms with Crippen molar-refractivity contribution in [3.8, 4) is 0 Å². The Morgan fingerprint density at radius 2 is 1.96 bits per heavy atom. The van der Waals surface area contributed by atoms with Gasteiger partial charge in [0.1, 0.15) is 0 Å². The van der Waals surface area contributed by atoms with E-state index in [0.717, 1.165) is 43.2 Å². The van der Waals surface area contributed by atoms with Crippen LogP contribution in [0.15, 0.2) is 18.2 Å². The van der Waals surface area contributed by atoms with Gasteiger partial charge in [-0.3, -0.25) is 9.59 Å². The van der Waals surface area contributed by atoms with E-state index in [0.29, 0.717) is 12.1 Å². The van der Waals surface area contributed by atoms with Crippen molar-refractivity contribution in [3.63, 3.8) is 0 Å². The molecule has 5 heteroatoms. The molecule has 1 saturated heterocycles. The summed E-state index contributed by atoms with van der Waals surface area (Å²) in [5.41, 5.74) is 2.47. The Bertz CT molecular complexity index is 608. The number of carbonyl (C=O) groups is 2. The minimum Gasteiger partial charge on any atom is -0.343 e. The van der Waals surface area contributed by atoms with Gasteiger partial charge < -0.3 is 15.1 Å². The highest BCUT2D eigenvalue weighted by atomic mass is 16.2. The second-order valence-electron chi connectivity index (χ2n) is 6.47. The van der Waals surface area contributed by atoms with E-state index in [1.807, 2.05) is 18.2 Å². The van der Waals surface area contributed by atoms with Gasteiger partial charge >= 0.3 is 0 Å². The highest BCUT2D eigenvalue weighted by Crippen LogP contribution is 2.25. The molecule has 0 unspecified atom stereocenters. The lowest BCUT2D eigenvalue weighted by Crippen LogP contribution is -2.50. The summed E-state index contributed by atoms with van der Waals surface area (Å²) in [5.74, 6) is 0.618. The van der Waals surface area contributed by atoms with Crippen molar-refractivity contribution in [2.75, 3.05) is 37.6 Å². The predicted octanol–water partition coefficient (Wildman–Crippen LogP) is 1.67. The maximum atomic E-state index is 12.4. The number of nitrogens with one attached hydrogen (secondary N) is 1. The van der Waals surface area contributed by atoms with E-state index in [1.54, 1.807) is 4.90 Å². The lowest BCUT2D eigenvalue weighted by atomic mass is 9.97. The third kappa shape index (κ3) is 3.24. The molecule has 0 aliphatic carbocycles. The number of likely N-dealkylation sites (tertiary alicyclic amines) is 1. The number of rotatable bonds is 5. The third-order valence-corrected chi connectivity index (χ3v) is 4.96. The first-order valence-electron chi connectivity index (χ1n) is 8.56. The second-order valence-corrected chi connectivity index (χ2v) is 6.47. The molecule has 0 atom stereocenters. The van der Waals surface area contributed by atoms with Crippen LogP contribution in [0, 0.1) is 5.92 Å². The second kappa shape index (κ2) is 6.71. The molecule has 1 aromatic carbocycles. The smallest absolute Gasteiger partial charge is 0.253 e. The molecule has 1 fully saturated rings.